The molecule has 0 amide bonds. The fraction of sp³-hybridized carbons (Fsp3) is 0.733. The highest BCUT2D eigenvalue weighted by atomic mass is 32.2. The number of thioether (sulfide) groups is 1. The van der Waals surface area contributed by atoms with E-state index < -0.39 is 27.0 Å². The summed E-state index contributed by atoms with van der Waals surface area (Å²) in [5, 5.41) is 8.26. The lowest BCUT2D eigenvalue weighted by Gasteiger charge is -2.20. The van der Waals surface area contributed by atoms with Crippen LogP contribution in [-0.2, 0) is 30.6 Å². The lowest BCUT2D eigenvalue weighted by atomic mass is 10.4. The molecule has 10 heteroatoms. The first-order valence-electron chi connectivity index (χ1n) is 7.53. The number of nitrogens with zero attached hydrogens (tertiary/aromatic N) is 1. The zero-order valence-electron chi connectivity index (χ0n) is 15.6. The van der Waals surface area contributed by atoms with E-state index in [4.69, 9.17) is 9.66 Å². The zero-order chi connectivity index (χ0) is 20.3. The van der Waals surface area contributed by atoms with E-state index in [9.17, 15) is 18.0 Å². The first-order valence-corrected chi connectivity index (χ1v) is 12.1. The highest BCUT2D eigenvalue weighted by Crippen LogP contribution is 2.10. The first-order chi connectivity index (χ1) is 11.2. The Morgan fingerprint density at radius 2 is 1.72 bits per heavy atom. The second kappa shape index (κ2) is 12.7. The minimum Gasteiger partial charge on any atom is -0.477 e. The Kier molecular flexibility index (Phi) is 13.6. The van der Waals surface area contributed by atoms with Crippen molar-refractivity contribution in [2.45, 2.75) is 13.3 Å². The predicted octanol–water partition coefficient (Wildman–Crippen LogP) is 1.13. The van der Waals surface area contributed by atoms with Gasteiger partial charge >= 0.3 is 11.1 Å². The molecule has 7 nitrogen and oxygen atoms in total. The number of aliphatic carboxylic acids is 1. The minimum absolute atomic E-state index is 0.0226. The van der Waals surface area contributed by atoms with Gasteiger partial charge in [-0.3, -0.25) is 4.55 Å². The fourth-order valence-electron chi connectivity index (χ4n) is 1.54. The molecule has 0 spiro atoms. The van der Waals surface area contributed by atoms with Crippen LogP contribution in [0.3, 0.4) is 0 Å². The molecule has 0 aliphatic carbocycles. The average Bonchev–Trinajstić information content (AvgIpc) is 2.38. The number of carbonyl (C=O) groups excluding carboxylic acids is 1. The fourth-order valence-corrected chi connectivity index (χ4v) is 5.26. The molecule has 1 unspecified atom stereocenters. The predicted molar refractivity (Wildman–Crippen MR) is 107 cm³/mol. The largest absolute Gasteiger partial charge is 0.477 e. The average molecular weight is 418 g/mol. The summed E-state index contributed by atoms with van der Waals surface area (Å²) in [6.07, 6.45) is 2.28. The highest BCUT2D eigenvalue weighted by Gasteiger charge is 2.29. The number of hydrogen-bond acceptors (Lipinski definition) is 5. The van der Waals surface area contributed by atoms with Gasteiger partial charge in [0.05, 0.1) is 37.8 Å². The molecule has 0 aliphatic heterocycles. The molecular formula is C15H31NO6S3+2. The van der Waals surface area contributed by atoms with Crippen LogP contribution in [0.1, 0.15) is 13.3 Å². The number of carbonyl (C=O) groups is 2. The standard InChI is InChI=1S/C10H18O4S3.C5H11NO2/c1-9(2)10(11)16(7-5-15-3)6-4-8-17(12,13)14;1-6(2,3)4-5(7)8/h1,4-8H2,2-3H3;4H2,1-3H3/p+2. The molecule has 0 aromatic carbocycles. The number of rotatable bonds is 10. The number of quaternary nitrogens is 1. The summed E-state index contributed by atoms with van der Waals surface area (Å²) in [4.78, 5) is 21.8. The monoisotopic (exact) mass is 417 g/mol. The molecule has 0 aromatic rings. The number of hydrogen-bond donors (Lipinski definition) is 2. The van der Waals surface area contributed by atoms with Crippen molar-refractivity contribution in [3.8, 4) is 0 Å². The first kappa shape index (κ1) is 26.7. The third kappa shape index (κ3) is 19.6. The van der Waals surface area contributed by atoms with Crippen LogP contribution < -0.4 is 0 Å². The SMILES string of the molecule is C=C(C)C(=O)[S+](CCCS(=O)(=O)O)CCSC.C[N+](C)(C)CC(=O)O. The van der Waals surface area contributed by atoms with Crippen LogP contribution in [0.2, 0.25) is 0 Å². The van der Waals surface area contributed by atoms with E-state index in [0.29, 0.717) is 22.2 Å². The molecule has 0 aromatic heterocycles. The Labute approximate surface area is 158 Å². The van der Waals surface area contributed by atoms with Crippen LogP contribution in [0.4, 0.5) is 0 Å². The van der Waals surface area contributed by atoms with Crippen molar-refractivity contribution in [3.63, 3.8) is 0 Å². The summed E-state index contributed by atoms with van der Waals surface area (Å²) in [6.45, 7) is 5.48. The van der Waals surface area contributed by atoms with Gasteiger partial charge < -0.3 is 9.59 Å². The van der Waals surface area contributed by atoms with Crippen molar-refractivity contribution < 1.29 is 32.1 Å². The summed E-state index contributed by atoms with van der Waals surface area (Å²) < 4.78 is 30.3. The molecule has 0 bridgehead atoms. The molecule has 0 radical (unpaired) electrons. The van der Waals surface area contributed by atoms with Crippen molar-refractivity contribution in [3.05, 3.63) is 12.2 Å². The lowest BCUT2D eigenvalue weighted by molar-refractivity contribution is -0.862. The van der Waals surface area contributed by atoms with Gasteiger partial charge in [0.1, 0.15) is 11.5 Å². The van der Waals surface area contributed by atoms with Gasteiger partial charge in [0.25, 0.3) is 10.1 Å². The summed E-state index contributed by atoms with van der Waals surface area (Å²) in [5.41, 5.74) is 0.515. The smallest absolute Gasteiger partial charge is 0.359 e. The minimum atomic E-state index is -3.92. The van der Waals surface area contributed by atoms with Gasteiger partial charge in [-0.2, -0.15) is 20.2 Å². The van der Waals surface area contributed by atoms with E-state index in [1.807, 2.05) is 27.4 Å². The van der Waals surface area contributed by atoms with Crippen LogP contribution in [-0.4, -0.2) is 90.6 Å². The van der Waals surface area contributed by atoms with Crippen molar-refractivity contribution in [2.24, 2.45) is 0 Å². The molecule has 2 N–H and O–H groups in total. The molecule has 0 saturated heterocycles. The Balaban J connectivity index is 0. The van der Waals surface area contributed by atoms with Crippen LogP contribution >= 0.6 is 11.8 Å². The third-order valence-corrected chi connectivity index (χ3v) is 6.57. The maximum Gasteiger partial charge on any atom is 0.359 e. The molecule has 0 aliphatic rings. The molecular weight excluding hydrogens is 386 g/mol. The summed E-state index contributed by atoms with van der Waals surface area (Å²) in [6, 6.07) is 0. The van der Waals surface area contributed by atoms with Crippen LogP contribution in [0, 0.1) is 0 Å². The Hall–Kier alpha value is -0.550. The Morgan fingerprint density at radius 3 is 2.00 bits per heavy atom. The van der Waals surface area contributed by atoms with Gasteiger partial charge in [0, 0.05) is 17.7 Å². The van der Waals surface area contributed by atoms with Crippen LogP contribution in [0.25, 0.3) is 0 Å². The van der Waals surface area contributed by atoms with E-state index in [1.54, 1.807) is 18.7 Å². The van der Waals surface area contributed by atoms with Crippen molar-refractivity contribution in [1.82, 2.24) is 0 Å². The summed E-state index contributed by atoms with van der Waals surface area (Å²) >= 11 is 1.66. The zero-order valence-corrected chi connectivity index (χ0v) is 18.1. The van der Waals surface area contributed by atoms with Crippen molar-refractivity contribution >= 4 is 43.9 Å². The van der Waals surface area contributed by atoms with E-state index in [1.165, 1.54) is 0 Å². The van der Waals surface area contributed by atoms with Crippen LogP contribution in [0.5, 0.6) is 0 Å². The van der Waals surface area contributed by atoms with Gasteiger partial charge in [-0.25, -0.2) is 9.59 Å². The molecule has 0 heterocycles. The van der Waals surface area contributed by atoms with E-state index in [0.717, 1.165) is 11.5 Å². The highest BCUT2D eigenvalue weighted by molar-refractivity contribution is 8.12. The quantitative estimate of drug-likeness (QED) is 0.237. The third-order valence-electron chi connectivity index (χ3n) is 2.55. The van der Waals surface area contributed by atoms with Gasteiger partial charge in [-0.15, -0.1) is 0 Å². The van der Waals surface area contributed by atoms with Crippen molar-refractivity contribution in [1.29, 1.82) is 0 Å². The molecule has 0 fully saturated rings. The number of carboxylic acids is 1. The topological polar surface area (TPSA) is 109 Å². The van der Waals surface area contributed by atoms with Gasteiger partial charge in [-0.1, -0.05) is 6.58 Å². The second-order valence-corrected chi connectivity index (χ2v) is 11.2. The van der Waals surface area contributed by atoms with Gasteiger partial charge in [0.15, 0.2) is 6.54 Å². The molecule has 148 valence electrons. The van der Waals surface area contributed by atoms with E-state index >= 15 is 0 Å². The maximum atomic E-state index is 11.8. The molecule has 25 heavy (non-hydrogen) atoms. The normalized spacial score (nSPS) is 12.7. The summed E-state index contributed by atoms with van der Waals surface area (Å²) in [7, 11) is 1.13. The Morgan fingerprint density at radius 1 is 1.20 bits per heavy atom. The van der Waals surface area contributed by atoms with E-state index in [2.05, 4.69) is 6.58 Å². The lowest BCUT2D eigenvalue weighted by Crippen LogP contribution is -2.39. The summed E-state index contributed by atoms with van der Waals surface area (Å²) in [5.74, 6) is 1.09. The number of carboxylic acid groups (broad SMARTS) is 1. The van der Waals surface area contributed by atoms with Crippen molar-refractivity contribution in [2.75, 3.05) is 57.0 Å². The van der Waals surface area contributed by atoms with E-state index in [-0.39, 0.29) is 17.4 Å². The molecule has 1 atom stereocenters. The molecule has 0 rings (SSSR count). The molecule has 0 saturated carbocycles. The number of likely N-dealkylation sites (N-methyl/N-ethyl adjacent to an activating group) is 1. The second-order valence-electron chi connectivity index (χ2n) is 6.44. The Bertz CT molecular complexity index is 540. The maximum absolute atomic E-state index is 11.8. The van der Waals surface area contributed by atoms with Gasteiger partial charge in [-0.05, 0) is 13.2 Å². The van der Waals surface area contributed by atoms with Gasteiger partial charge in [0.2, 0.25) is 0 Å². The van der Waals surface area contributed by atoms with Crippen LogP contribution in [0.15, 0.2) is 12.2 Å².